The molecule has 0 saturated carbocycles. The molecule has 10 heteroatoms. The van der Waals surface area contributed by atoms with E-state index in [2.05, 4.69) is 28.6 Å². The minimum Gasteiger partial charge on any atom is -0.479 e. The molecule has 2 fully saturated rings. The summed E-state index contributed by atoms with van der Waals surface area (Å²) in [6.07, 6.45) is 0.904. The van der Waals surface area contributed by atoms with Gasteiger partial charge in [-0.1, -0.05) is 23.7 Å². The second-order valence-electron chi connectivity index (χ2n) is 13.7. The number of nitrogens with zero attached hydrogens (tertiary/aromatic N) is 4. The molecule has 9 nitrogen and oxygen atoms in total. The Hall–Kier alpha value is -3.76. The summed E-state index contributed by atoms with van der Waals surface area (Å²) in [5.41, 5.74) is 6.21. The van der Waals surface area contributed by atoms with Crippen molar-refractivity contribution in [2.45, 2.75) is 77.7 Å². The number of hydrogen-bond acceptors (Lipinski definition) is 7. The number of rotatable bonds is 8. The zero-order valence-electron chi connectivity index (χ0n) is 27.5. The van der Waals surface area contributed by atoms with E-state index in [1.165, 1.54) is 0 Å². The maximum Gasteiger partial charge on any atom is 0.337 e. The lowest BCUT2D eigenvalue weighted by atomic mass is 9.90. The van der Waals surface area contributed by atoms with E-state index in [-0.39, 0.29) is 0 Å². The summed E-state index contributed by atoms with van der Waals surface area (Å²) in [7, 11) is 0. The average molecular weight is 657 g/mol. The number of oxazole rings is 1. The first-order valence-corrected chi connectivity index (χ1v) is 16.8. The maximum absolute atomic E-state index is 12.7. The highest BCUT2D eigenvalue weighted by Crippen LogP contribution is 2.43. The zero-order valence-corrected chi connectivity index (χ0v) is 28.3. The number of carbonyl (C=O) groups is 1. The monoisotopic (exact) mass is 656 g/mol. The smallest absolute Gasteiger partial charge is 0.337 e. The second kappa shape index (κ2) is 12.4. The molecule has 0 radical (unpaired) electrons. The summed E-state index contributed by atoms with van der Waals surface area (Å²) in [6.45, 7) is 14.1. The fraction of sp³-hybridized carbons (Fsp3) is 0.432. The van der Waals surface area contributed by atoms with E-state index >= 15 is 0 Å². The molecule has 0 amide bonds. The van der Waals surface area contributed by atoms with E-state index in [0.29, 0.717) is 45.1 Å². The predicted molar refractivity (Wildman–Crippen MR) is 183 cm³/mol. The summed E-state index contributed by atoms with van der Waals surface area (Å²) in [5, 5.41) is 17.2. The molecule has 4 heterocycles. The quantitative estimate of drug-likeness (QED) is 0.179. The molecule has 2 aromatic heterocycles. The van der Waals surface area contributed by atoms with Gasteiger partial charge in [0, 0.05) is 39.6 Å². The number of aromatic nitrogens is 3. The van der Waals surface area contributed by atoms with Gasteiger partial charge in [0.15, 0.2) is 11.7 Å². The Morgan fingerprint density at radius 2 is 1.79 bits per heavy atom. The molecule has 1 N–H and O–H groups in total. The molecule has 0 aliphatic carbocycles. The molecule has 47 heavy (non-hydrogen) atoms. The lowest BCUT2D eigenvalue weighted by molar-refractivity contribution is -0.160. The Morgan fingerprint density at radius 1 is 1.09 bits per heavy atom. The van der Waals surface area contributed by atoms with Crippen molar-refractivity contribution in [2.24, 2.45) is 0 Å². The largest absolute Gasteiger partial charge is 0.479 e. The van der Waals surface area contributed by atoms with Crippen LogP contribution in [0.1, 0.15) is 69.4 Å². The molecule has 1 atom stereocenters. The molecule has 0 unspecified atom stereocenters. The van der Waals surface area contributed by atoms with Crippen molar-refractivity contribution in [1.29, 1.82) is 0 Å². The molecule has 2 saturated heterocycles. The van der Waals surface area contributed by atoms with Crippen LogP contribution in [0.5, 0.6) is 0 Å². The van der Waals surface area contributed by atoms with E-state index in [0.717, 1.165) is 79.0 Å². The molecule has 5 aromatic rings. The number of likely N-dealkylation sites (tertiary alicyclic amines) is 1. The van der Waals surface area contributed by atoms with Crippen molar-refractivity contribution < 1.29 is 23.8 Å². The van der Waals surface area contributed by atoms with Gasteiger partial charge in [-0.25, -0.2) is 9.78 Å². The predicted octanol–water partition coefficient (Wildman–Crippen LogP) is 8.01. The highest BCUT2D eigenvalue weighted by atomic mass is 35.5. The lowest BCUT2D eigenvalue weighted by Crippen LogP contribution is -2.51. The van der Waals surface area contributed by atoms with E-state index < -0.39 is 17.7 Å². The highest BCUT2D eigenvalue weighted by Gasteiger charge is 2.34. The van der Waals surface area contributed by atoms with Crippen molar-refractivity contribution >= 4 is 39.6 Å². The number of fused-ring (bicyclic) bond motifs is 2. The third-order valence-corrected chi connectivity index (χ3v) is 9.65. The second-order valence-corrected chi connectivity index (χ2v) is 14.2. The maximum atomic E-state index is 12.7. The summed E-state index contributed by atoms with van der Waals surface area (Å²) in [6, 6.07) is 16.1. The van der Waals surface area contributed by atoms with Gasteiger partial charge in [-0.2, -0.15) is 5.10 Å². The third kappa shape index (κ3) is 6.06. The molecule has 2 aliphatic rings. The van der Waals surface area contributed by atoms with Crippen LogP contribution in [0, 0.1) is 6.92 Å². The van der Waals surface area contributed by atoms with Crippen molar-refractivity contribution in [3.05, 3.63) is 70.4 Å². The SMILES string of the molecule is CCn1nc(C2CCN(C3COC3)CC2)c2cc(-c3nc4cc(C)c([C@H](OC(C)(C)C)C(=O)O)c(-c5ccc(Cl)cc5)c4o3)ccc21. The van der Waals surface area contributed by atoms with Gasteiger partial charge in [-0.3, -0.25) is 9.58 Å². The molecule has 0 spiro atoms. The van der Waals surface area contributed by atoms with Crippen molar-refractivity contribution in [3.63, 3.8) is 0 Å². The van der Waals surface area contributed by atoms with E-state index in [1.54, 1.807) is 12.1 Å². The van der Waals surface area contributed by atoms with E-state index in [1.807, 2.05) is 52.0 Å². The normalized spacial score (nSPS) is 17.4. The van der Waals surface area contributed by atoms with Crippen LogP contribution in [0.25, 0.3) is 44.6 Å². The Balaban J connectivity index is 1.34. The Labute approximate surface area is 279 Å². The van der Waals surface area contributed by atoms with Gasteiger partial charge < -0.3 is 19.0 Å². The highest BCUT2D eigenvalue weighted by molar-refractivity contribution is 6.30. The number of aryl methyl sites for hydroxylation is 2. The first-order chi connectivity index (χ1) is 22.5. The first kappa shape index (κ1) is 31.8. The average Bonchev–Trinajstić information content (AvgIpc) is 3.60. The van der Waals surface area contributed by atoms with Crippen molar-refractivity contribution in [3.8, 4) is 22.6 Å². The number of carboxylic acids is 1. The number of hydrogen-bond donors (Lipinski definition) is 1. The Bertz CT molecular complexity index is 1950. The van der Waals surface area contributed by atoms with Crippen LogP contribution in [0.4, 0.5) is 0 Å². The van der Waals surface area contributed by atoms with E-state index in [9.17, 15) is 9.90 Å². The Kier molecular flexibility index (Phi) is 8.37. The summed E-state index contributed by atoms with van der Waals surface area (Å²) in [4.78, 5) is 20.2. The van der Waals surface area contributed by atoms with Gasteiger partial charge in [-0.05, 0) is 108 Å². The van der Waals surface area contributed by atoms with Crippen LogP contribution in [-0.2, 0) is 20.8 Å². The van der Waals surface area contributed by atoms with E-state index in [4.69, 9.17) is 35.6 Å². The number of halogens is 1. The molecule has 0 bridgehead atoms. The van der Waals surface area contributed by atoms with Crippen LogP contribution >= 0.6 is 11.6 Å². The van der Waals surface area contributed by atoms with Crippen LogP contribution in [-0.4, -0.2) is 68.7 Å². The minimum absolute atomic E-state index is 0.374. The topological polar surface area (TPSA) is 103 Å². The summed E-state index contributed by atoms with van der Waals surface area (Å²) < 4.78 is 20.3. The van der Waals surface area contributed by atoms with Gasteiger partial charge in [-0.15, -0.1) is 0 Å². The number of ether oxygens (including phenoxy) is 2. The summed E-state index contributed by atoms with van der Waals surface area (Å²) in [5.74, 6) is -0.235. The number of piperidine rings is 1. The van der Waals surface area contributed by atoms with Gasteiger partial charge in [0.25, 0.3) is 0 Å². The minimum atomic E-state index is -1.22. The summed E-state index contributed by atoms with van der Waals surface area (Å²) >= 11 is 6.26. The molecular formula is C37H41ClN4O5. The standard InChI is InChI=1S/C37H41ClN4O5/c1-6-42-29-12-9-24(18-27(29)32(40-42)23-13-15-41(16-14-23)26-19-45-20-26)35-39-28-17-21(2)30(34(36(43)44)47-37(3,4)5)31(33(28)46-35)22-7-10-25(38)11-8-22/h7-12,17-18,23,26,34H,6,13-16,19-20H2,1-5H3,(H,43,44)/t34-/m0/s1. The first-order valence-electron chi connectivity index (χ1n) is 16.4. The molecular weight excluding hydrogens is 616 g/mol. The van der Waals surface area contributed by atoms with Crippen LogP contribution in [0.3, 0.4) is 0 Å². The van der Waals surface area contributed by atoms with Gasteiger partial charge in [0.2, 0.25) is 5.89 Å². The molecule has 2 aliphatic heterocycles. The zero-order chi connectivity index (χ0) is 33.0. The number of aliphatic carboxylic acids is 1. The number of benzene rings is 3. The third-order valence-electron chi connectivity index (χ3n) is 9.40. The van der Waals surface area contributed by atoms with Gasteiger partial charge in [0.05, 0.1) is 36.1 Å². The van der Waals surface area contributed by atoms with Gasteiger partial charge in [0.1, 0.15) is 5.52 Å². The Morgan fingerprint density at radius 3 is 2.40 bits per heavy atom. The van der Waals surface area contributed by atoms with Crippen LogP contribution in [0.15, 0.2) is 52.9 Å². The number of carboxylic acid groups (broad SMARTS) is 1. The fourth-order valence-electron chi connectivity index (χ4n) is 7.01. The lowest BCUT2D eigenvalue weighted by Gasteiger charge is -2.41. The van der Waals surface area contributed by atoms with Crippen molar-refractivity contribution in [2.75, 3.05) is 26.3 Å². The molecule has 7 rings (SSSR count). The van der Waals surface area contributed by atoms with Crippen molar-refractivity contribution in [1.82, 2.24) is 19.7 Å². The molecule has 246 valence electrons. The van der Waals surface area contributed by atoms with Crippen LogP contribution < -0.4 is 0 Å². The molecule has 3 aromatic carbocycles. The fourth-order valence-corrected chi connectivity index (χ4v) is 7.14. The van der Waals surface area contributed by atoms with Gasteiger partial charge >= 0.3 is 5.97 Å². The van der Waals surface area contributed by atoms with Crippen LogP contribution in [0.2, 0.25) is 5.02 Å².